The first-order valence-electron chi connectivity index (χ1n) is 25.5. The molecule has 4 aromatic heterocycles. The molecule has 408 valence electrons. The minimum Gasteiger partial charge on any atom is -0.459 e. The zero-order chi connectivity index (χ0) is 55.7. The summed E-state index contributed by atoms with van der Waals surface area (Å²) in [6.07, 6.45) is 1.49. The van der Waals surface area contributed by atoms with E-state index in [1.54, 1.807) is 49.7 Å². The number of anilines is 1. The number of pyridine rings is 2. The Morgan fingerprint density at radius 3 is 1.88 bits per heavy atom. The lowest BCUT2D eigenvalue weighted by Gasteiger charge is -2.37. The highest BCUT2D eigenvalue weighted by Gasteiger charge is 2.37. The van der Waals surface area contributed by atoms with Gasteiger partial charge in [0.05, 0.1) is 36.6 Å². The van der Waals surface area contributed by atoms with Crippen molar-refractivity contribution in [3.05, 3.63) is 125 Å². The third-order valence-corrected chi connectivity index (χ3v) is 12.3. The van der Waals surface area contributed by atoms with E-state index in [2.05, 4.69) is 55.4 Å². The number of methoxy groups -OCH3 is 1. The van der Waals surface area contributed by atoms with Crippen molar-refractivity contribution in [3.8, 4) is 56.8 Å². The quantitative estimate of drug-likeness (QED) is 0.0835. The Bertz CT molecular complexity index is 3110. The molecule has 5 heterocycles. The second-order valence-corrected chi connectivity index (χ2v) is 21.3. The molecule has 16 nitrogen and oxygen atoms in total. The van der Waals surface area contributed by atoms with Crippen LogP contribution in [-0.4, -0.2) is 110 Å². The van der Waals surface area contributed by atoms with E-state index in [0.717, 1.165) is 53.3 Å². The van der Waals surface area contributed by atoms with Gasteiger partial charge in [-0.1, -0.05) is 40.6 Å². The number of aryl methyl sites for hydroxylation is 1. The van der Waals surface area contributed by atoms with Gasteiger partial charge in [-0.3, -0.25) is 29.4 Å². The third-order valence-electron chi connectivity index (χ3n) is 12.3. The first-order valence-corrected chi connectivity index (χ1v) is 25.5. The third kappa shape index (κ3) is 16.1. The average Bonchev–Trinajstić information content (AvgIpc) is 4.07. The van der Waals surface area contributed by atoms with Gasteiger partial charge in [0, 0.05) is 73.1 Å². The number of carbonyl (C=O) groups is 2. The van der Waals surface area contributed by atoms with Gasteiger partial charge in [-0.15, -0.1) is 0 Å². The van der Waals surface area contributed by atoms with Crippen LogP contribution in [0.3, 0.4) is 0 Å². The van der Waals surface area contributed by atoms with Crippen LogP contribution in [-0.2, 0) is 49.7 Å². The molecule has 0 spiro atoms. The Morgan fingerprint density at radius 2 is 1.30 bits per heavy atom. The van der Waals surface area contributed by atoms with Crippen LogP contribution in [0.1, 0.15) is 95.8 Å². The summed E-state index contributed by atoms with van der Waals surface area (Å²) in [5, 5.41) is 8.16. The first kappa shape index (κ1) is 57.4. The topological polar surface area (TPSA) is 175 Å². The number of nitrogens with zero attached hydrogens (tertiary/aromatic N) is 9. The van der Waals surface area contributed by atoms with Gasteiger partial charge in [-0.2, -0.15) is 23.1 Å². The number of piperidine rings is 1. The van der Waals surface area contributed by atoms with E-state index in [1.165, 1.54) is 17.2 Å². The highest BCUT2D eigenvalue weighted by atomic mass is 19.4. The first-order chi connectivity index (χ1) is 36.4. The van der Waals surface area contributed by atoms with Crippen molar-refractivity contribution in [2.75, 3.05) is 45.7 Å². The van der Waals surface area contributed by atoms with E-state index in [9.17, 15) is 22.8 Å². The summed E-state index contributed by atoms with van der Waals surface area (Å²) in [5.74, 6) is 0.492. The molecular formula is C58H68F3N9O7. The van der Waals surface area contributed by atoms with Crippen LogP contribution in [0.5, 0.6) is 0 Å². The average molecular weight is 1060 g/mol. The van der Waals surface area contributed by atoms with E-state index in [-0.39, 0.29) is 54.0 Å². The number of alkyl halides is 3. The van der Waals surface area contributed by atoms with Gasteiger partial charge in [-0.05, 0) is 166 Å². The van der Waals surface area contributed by atoms with Gasteiger partial charge >= 0.3 is 18.1 Å². The van der Waals surface area contributed by atoms with Crippen molar-refractivity contribution in [1.82, 2.24) is 40.0 Å². The van der Waals surface area contributed by atoms with Gasteiger partial charge in [0.2, 0.25) is 11.6 Å². The van der Waals surface area contributed by atoms with Gasteiger partial charge in [0.25, 0.3) is 11.8 Å². The lowest BCUT2D eigenvalue weighted by atomic mass is 9.94. The normalized spacial score (nSPS) is 14.1. The number of aromatic nitrogens is 6. The molecule has 0 saturated carbocycles. The fourth-order valence-corrected chi connectivity index (χ4v) is 8.87. The van der Waals surface area contributed by atoms with Crippen molar-refractivity contribution in [2.24, 2.45) is 0 Å². The summed E-state index contributed by atoms with van der Waals surface area (Å²) in [5.41, 5.74) is 6.74. The summed E-state index contributed by atoms with van der Waals surface area (Å²) in [7, 11) is 5.32. The molecule has 1 unspecified atom stereocenters. The molecule has 1 aliphatic rings. The molecule has 0 aliphatic carbocycles. The molecule has 1 saturated heterocycles. The Morgan fingerprint density at radius 1 is 0.701 bits per heavy atom. The number of benzene rings is 3. The molecule has 0 amide bonds. The fourth-order valence-electron chi connectivity index (χ4n) is 8.87. The predicted molar refractivity (Wildman–Crippen MR) is 287 cm³/mol. The SMILES string of the molecule is CC1CCCCN1c1ccc(-c2nc(-c3ccnc(CN(C)CC(=O)OC(C)(C)C)c3)no2)cc1C(F)(F)F.COCc1cc(-c2nc(-c3ccc(CN(C)CC(=O)OC(C)(C)C)nc3)no2)ccc1-c1ccccc1C. The summed E-state index contributed by atoms with van der Waals surface area (Å²) in [4.78, 5) is 47.5. The Labute approximate surface area is 448 Å². The summed E-state index contributed by atoms with van der Waals surface area (Å²) < 4.78 is 69.4. The van der Waals surface area contributed by atoms with Crippen molar-refractivity contribution in [3.63, 3.8) is 0 Å². The number of rotatable bonds is 16. The number of hydrogen-bond donors (Lipinski definition) is 0. The van der Waals surface area contributed by atoms with E-state index in [0.29, 0.717) is 49.2 Å². The van der Waals surface area contributed by atoms with Crippen LogP contribution in [0.25, 0.3) is 56.8 Å². The van der Waals surface area contributed by atoms with Gasteiger partial charge in [0.1, 0.15) is 11.2 Å². The van der Waals surface area contributed by atoms with Crippen molar-refractivity contribution in [2.45, 2.75) is 118 Å². The zero-order valence-corrected chi connectivity index (χ0v) is 45.7. The maximum Gasteiger partial charge on any atom is 0.418 e. The van der Waals surface area contributed by atoms with Crippen molar-refractivity contribution in [1.29, 1.82) is 0 Å². The zero-order valence-electron chi connectivity index (χ0n) is 45.7. The molecule has 19 heteroatoms. The molecule has 1 aliphatic heterocycles. The van der Waals surface area contributed by atoms with Crippen LogP contribution in [0.15, 0.2) is 106 Å². The number of esters is 2. The molecule has 77 heavy (non-hydrogen) atoms. The highest BCUT2D eigenvalue weighted by molar-refractivity contribution is 5.75. The lowest BCUT2D eigenvalue weighted by Crippen LogP contribution is -2.38. The summed E-state index contributed by atoms with van der Waals surface area (Å²) >= 11 is 0. The second-order valence-electron chi connectivity index (χ2n) is 21.3. The maximum absolute atomic E-state index is 14.1. The minimum atomic E-state index is -4.53. The fraction of sp³-hybridized carbons (Fsp3) is 0.414. The van der Waals surface area contributed by atoms with E-state index < -0.39 is 22.9 Å². The van der Waals surface area contributed by atoms with E-state index in [4.69, 9.17) is 23.3 Å². The van der Waals surface area contributed by atoms with Gasteiger partial charge in [0.15, 0.2) is 0 Å². The summed E-state index contributed by atoms with van der Waals surface area (Å²) in [6.45, 7) is 17.2. The Kier molecular flexibility index (Phi) is 18.4. The molecule has 1 atom stereocenters. The monoisotopic (exact) mass is 1060 g/mol. The van der Waals surface area contributed by atoms with E-state index in [1.807, 2.05) is 102 Å². The standard InChI is InChI=1S/C30H34N4O4.C28H34F3N5O3/c1-20-9-7-8-10-25(20)26-14-12-21(15-23(26)19-36-6)29-32-28(33-38-29)22-11-13-24(31-16-22)17-34(5)18-27(35)37-30(2,3)4;1-18-8-6-7-13-36(18)23-10-9-20(15-22(23)28(29,30)31)26-33-25(34-39-26)19-11-12-32-21(14-19)16-35(5)17-24(37)38-27(2,3)4/h7-16H,17-19H2,1-6H3;9-12,14-15,18H,6-8,13,16-17H2,1-5H3. The largest absolute Gasteiger partial charge is 0.459 e. The Balaban J connectivity index is 0.000000224. The maximum atomic E-state index is 14.1. The lowest BCUT2D eigenvalue weighted by molar-refractivity contribution is -0.157. The molecule has 0 N–H and O–H groups in total. The van der Waals surface area contributed by atoms with Crippen LogP contribution in [0, 0.1) is 6.92 Å². The summed E-state index contributed by atoms with van der Waals surface area (Å²) in [6, 6.07) is 25.8. The van der Waals surface area contributed by atoms with E-state index >= 15 is 0 Å². The van der Waals surface area contributed by atoms with Crippen LogP contribution in [0.2, 0.25) is 0 Å². The molecule has 8 rings (SSSR count). The predicted octanol–water partition coefficient (Wildman–Crippen LogP) is 11.7. The number of hydrogen-bond acceptors (Lipinski definition) is 16. The number of carbonyl (C=O) groups excluding carboxylic acids is 2. The second kappa shape index (κ2) is 24.8. The number of likely N-dealkylation sites (N-methyl/N-ethyl adjacent to an activating group) is 2. The molecule has 1 fully saturated rings. The molecule has 0 bridgehead atoms. The number of ether oxygens (including phenoxy) is 3. The van der Waals surface area contributed by atoms with Crippen molar-refractivity contribution >= 4 is 17.6 Å². The number of halogens is 3. The van der Waals surface area contributed by atoms with Gasteiger partial charge in [-0.25, -0.2) is 0 Å². The van der Waals surface area contributed by atoms with Crippen molar-refractivity contribution < 1.29 is 46.0 Å². The van der Waals surface area contributed by atoms with Crippen LogP contribution in [0.4, 0.5) is 18.9 Å². The molecule has 3 aromatic carbocycles. The minimum absolute atomic E-state index is 0.00542. The Hall–Kier alpha value is -7.35. The molecular weight excluding hydrogens is 992 g/mol. The molecule has 7 aromatic rings. The smallest absolute Gasteiger partial charge is 0.418 e. The van der Waals surface area contributed by atoms with Crippen LogP contribution < -0.4 is 4.90 Å². The van der Waals surface area contributed by atoms with Crippen LogP contribution >= 0.6 is 0 Å². The van der Waals surface area contributed by atoms with Gasteiger partial charge < -0.3 is 28.2 Å². The highest BCUT2D eigenvalue weighted by Crippen LogP contribution is 2.41. The molecule has 0 radical (unpaired) electrons.